The molecule has 0 aliphatic rings. The normalized spacial score (nSPS) is 12.0. The van der Waals surface area contributed by atoms with E-state index in [0.717, 1.165) is 23.4 Å². The van der Waals surface area contributed by atoms with E-state index in [-0.39, 0.29) is 23.5 Å². The van der Waals surface area contributed by atoms with Gasteiger partial charge in [0.05, 0.1) is 0 Å². The monoisotopic (exact) mass is 372 g/mol. The molecule has 134 valence electrons. The van der Waals surface area contributed by atoms with E-state index in [0.29, 0.717) is 11.3 Å². The number of nitrogens with zero attached hydrogens (tertiary/aromatic N) is 1. The van der Waals surface area contributed by atoms with Crippen LogP contribution in [0.15, 0.2) is 59.1 Å². The third-order valence-electron chi connectivity index (χ3n) is 4.06. The maximum atomic E-state index is 13.0. The van der Waals surface area contributed by atoms with Gasteiger partial charge in [0, 0.05) is 22.7 Å². The van der Waals surface area contributed by atoms with E-state index in [1.807, 2.05) is 31.2 Å². The van der Waals surface area contributed by atoms with Crippen molar-refractivity contribution in [1.82, 2.24) is 10.5 Å². The van der Waals surface area contributed by atoms with Gasteiger partial charge in [0.1, 0.15) is 11.5 Å². The van der Waals surface area contributed by atoms with Gasteiger partial charge in [-0.2, -0.15) is 0 Å². The van der Waals surface area contributed by atoms with Crippen LogP contribution < -0.4 is 5.32 Å². The molecule has 0 bridgehead atoms. The topological polar surface area (TPSA) is 55.1 Å². The van der Waals surface area contributed by atoms with Crippen molar-refractivity contribution in [3.8, 4) is 11.3 Å². The van der Waals surface area contributed by atoms with E-state index in [1.54, 1.807) is 18.2 Å². The van der Waals surface area contributed by atoms with Crippen molar-refractivity contribution in [1.29, 1.82) is 0 Å². The third kappa shape index (κ3) is 4.49. The third-order valence-corrected chi connectivity index (χ3v) is 4.42. The zero-order chi connectivity index (χ0) is 18.5. The van der Waals surface area contributed by atoms with E-state index in [2.05, 4.69) is 10.5 Å². The minimum atomic E-state index is -0.336. The van der Waals surface area contributed by atoms with Crippen LogP contribution in [0.5, 0.6) is 0 Å². The lowest BCUT2D eigenvalue weighted by atomic mass is 10.1. The molecule has 0 spiro atoms. The standard InChI is InChI=1S/C20H18ClFN2O2/c1-13(6-7-14-4-2-3-5-17(14)21)23-20(25)19-12-18(24-26-19)15-8-10-16(22)11-9-15/h2-5,8-13H,6-7H2,1H3,(H,23,25)/t13-/m0/s1. The van der Waals surface area contributed by atoms with Gasteiger partial charge in [0.15, 0.2) is 0 Å². The molecule has 3 rings (SSSR count). The van der Waals surface area contributed by atoms with E-state index >= 15 is 0 Å². The summed E-state index contributed by atoms with van der Waals surface area (Å²) in [5.74, 6) is -0.547. The maximum Gasteiger partial charge on any atom is 0.290 e. The second kappa shape index (κ2) is 8.15. The Morgan fingerprint density at radius 2 is 1.96 bits per heavy atom. The van der Waals surface area contributed by atoms with Gasteiger partial charge < -0.3 is 9.84 Å². The van der Waals surface area contributed by atoms with E-state index in [9.17, 15) is 9.18 Å². The Bertz CT molecular complexity index is 893. The number of hydrogen-bond acceptors (Lipinski definition) is 3. The molecule has 0 unspecified atom stereocenters. The molecule has 1 amide bonds. The second-order valence-corrected chi connectivity index (χ2v) is 6.50. The highest BCUT2D eigenvalue weighted by atomic mass is 35.5. The highest BCUT2D eigenvalue weighted by Gasteiger charge is 2.16. The molecule has 0 fully saturated rings. The lowest BCUT2D eigenvalue weighted by molar-refractivity contribution is 0.0901. The summed E-state index contributed by atoms with van der Waals surface area (Å²) in [5, 5.41) is 7.48. The first-order valence-corrected chi connectivity index (χ1v) is 8.67. The fourth-order valence-corrected chi connectivity index (χ4v) is 2.81. The summed E-state index contributed by atoms with van der Waals surface area (Å²) in [4.78, 5) is 12.3. The molecule has 0 aliphatic heterocycles. The van der Waals surface area contributed by atoms with Gasteiger partial charge >= 0.3 is 0 Å². The molecule has 0 saturated heterocycles. The number of hydrogen-bond donors (Lipinski definition) is 1. The van der Waals surface area contributed by atoms with Gasteiger partial charge in [-0.25, -0.2) is 4.39 Å². The summed E-state index contributed by atoms with van der Waals surface area (Å²) in [6, 6.07) is 15.0. The van der Waals surface area contributed by atoms with E-state index in [1.165, 1.54) is 12.1 Å². The highest BCUT2D eigenvalue weighted by Crippen LogP contribution is 2.20. The maximum absolute atomic E-state index is 13.0. The molecule has 1 heterocycles. The molecule has 0 saturated carbocycles. The van der Waals surface area contributed by atoms with Crippen molar-refractivity contribution in [2.45, 2.75) is 25.8 Å². The number of aryl methyl sites for hydroxylation is 1. The van der Waals surface area contributed by atoms with Gasteiger partial charge in [-0.05, 0) is 55.7 Å². The largest absolute Gasteiger partial charge is 0.350 e. The van der Waals surface area contributed by atoms with Crippen molar-refractivity contribution in [3.05, 3.63) is 76.8 Å². The number of aromatic nitrogens is 1. The van der Waals surface area contributed by atoms with Crippen LogP contribution in [0.25, 0.3) is 11.3 Å². The Morgan fingerprint density at radius 1 is 1.23 bits per heavy atom. The number of nitrogens with one attached hydrogen (secondary N) is 1. The Balaban J connectivity index is 1.58. The first kappa shape index (κ1) is 18.1. The van der Waals surface area contributed by atoms with Crippen LogP contribution in [-0.2, 0) is 6.42 Å². The van der Waals surface area contributed by atoms with Crippen LogP contribution in [0, 0.1) is 5.82 Å². The summed E-state index contributed by atoms with van der Waals surface area (Å²) < 4.78 is 18.1. The number of carbonyl (C=O) groups excluding carboxylic acids is 1. The molecule has 1 N–H and O–H groups in total. The van der Waals surface area contributed by atoms with E-state index in [4.69, 9.17) is 16.1 Å². The zero-order valence-electron chi connectivity index (χ0n) is 14.2. The predicted octanol–water partition coefficient (Wildman–Crippen LogP) is 4.89. The van der Waals surface area contributed by atoms with Crippen molar-refractivity contribution in [2.24, 2.45) is 0 Å². The molecule has 3 aromatic rings. The minimum Gasteiger partial charge on any atom is -0.350 e. The SMILES string of the molecule is C[C@@H](CCc1ccccc1Cl)NC(=O)c1cc(-c2ccc(F)cc2)no1. The summed E-state index contributed by atoms with van der Waals surface area (Å²) in [6.07, 6.45) is 1.51. The summed E-state index contributed by atoms with van der Waals surface area (Å²) in [5.41, 5.74) is 2.22. The summed E-state index contributed by atoms with van der Waals surface area (Å²) in [7, 11) is 0. The van der Waals surface area contributed by atoms with Crippen molar-refractivity contribution >= 4 is 17.5 Å². The number of halogens is 2. The number of benzene rings is 2. The van der Waals surface area contributed by atoms with Crippen molar-refractivity contribution in [3.63, 3.8) is 0 Å². The van der Waals surface area contributed by atoms with Crippen molar-refractivity contribution < 1.29 is 13.7 Å². The average molecular weight is 373 g/mol. The number of carbonyl (C=O) groups is 1. The molecular weight excluding hydrogens is 355 g/mol. The quantitative estimate of drug-likeness (QED) is 0.670. The molecule has 26 heavy (non-hydrogen) atoms. The van der Waals surface area contributed by atoms with Crippen LogP contribution in [0.2, 0.25) is 5.02 Å². The van der Waals surface area contributed by atoms with E-state index < -0.39 is 0 Å². The predicted molar refractivity (Wildman–Crippen MR) is 98.6 cm³/mol. The van der Waals surface area contributed by atoms with Crippen LogP contribution in [0.4, 0.5) is 4.39 Å². The van der Waals surface area contributed by atoms with Crippen LogP contribution >= 0.6 is 11.6 Å². The smallest absolute Gasteiger partial charge is 0.290 e. The van der Waals surface area contributed by atoms with Crippen LogP contribution in [0.1, 0.15) is 29.5 Å². The van der Waals surface area contributed by atoms with Gasteiger partial charge in [-0.15, -0.1) is 0 Å². The molecule has 0 radical (unpaired) electrons. The van der Waals surface area contributed by atoms with Crippen molar-refractivity contribution in [2.75, 3.05) is 0 Å². The fourth-order valence-electron chi connectivity index (χ4n) is 2.58. The fraction of sp³-hybridized carbons (Fsp3) is 0.200. The van der Waals surface area contributed by atoms with Gasteiger partial charge in [-0.3, -0.25) is 4.79 Å². The molecule has 4 nitrogen and oxygen atoms in total. The van der Waals surface area contributed by atoms with Crippen LogP contribution in [-0.4, -0.2) is 17.1 Å². The summed E-state index contributed by atoms with van der Waals surface area (Å²) in [6.45, 7) is 1.92. The van der Waals surface area contributed by atoms with Crippen LogP contribution in [0.3, 0.4) is 0 Å². The highest BCUT2D eigenvalue weighted by molar-refractivity contribution is 6.31. The number of amides is 1. The first-order valence-electron chi connectivity index (χ1n) is 8.30. The Kier molecular flexibility index (Phi) is 5.68. The molecule has 1 aromatic heterocycles. The number of rotatable bonds is 6. The summed E-state index contributed by atoms with van der Waals surface area (Å²) >= 11 is 6.15. The van der Waals surface area contributed by atoms with Gasteiger partial charge in [0.2, 0.25) is 5.76 Å². The Labute approximate surface area is 156 Å². The van der Waals surface area contributed by atoms with Gasteiger partial charge in [0.25, 0.3) is 5.91 Å². The Morgan fingerprint density at radius 3 is 2.69 bits per heavy atom. The average Bonchev–Trinajstić information content (AvgIpc) is 3.12. The zero-order valence-corrected chi connectivity index (χ0v) is 15.0. The lowest BCUT2D eigenvalue weighted by Crippen LogP contribution is -2.32. The first-order chi connectivity index (χ1) is 12.5. The Hall–Kier alpha value is -2.66. The molecule has 0 aliphatic carbocycles. The minimum absolute atomic E-state index is 0.0573. The van der Waals surface area contributed by atoms with Gasteiger partial charge in [-0.1, -0.05) is 35.0 Å². The molecule has 1 atom stereocenters. The molecule has 2 aromatic carbocycles. The lowest BCUT2D eigenvalue weighted by Gasteiger charge is -2.13. The second-order valence-electron chi connectivity index (χ2n) is 6.09. The molecule has 6 heteroatoms. The molecular formula is C20H18ClFN2O2.